The van der Waals surface area contributed by atoms with Crippen molar-refractivity contribution in [3.05, 3.63) is 23.9 Å². The molecule has 2 rings (SSSR count). The van der Waals surface area contributed by atoms with Crippen molar-refractivity contribution in [2.24, 2.45) is 5.92 Å². The summed E-state index contributed by atoms with van der Waals surface area (Å²) in [5, 5.41) is 11.9. The monoisotopic (exact) mass is 291 g/mol. The molecule has 0 saturated carbocycles. The maximum Gasteiger partial charge on any atom is 0.320 e. The van der Waals surface area contributed by atoms with Crippen molar-refractivity contribution in [1.82, 2.24) is 9.88 Å². The number of amides is 1. The van der Waals surface area contributed by atoms with E-state index in [0.717, 1.165) is 24.9 Å². The van der Waals surface area contributed by atoms with Crippen molar-refractivity contribution in [2.45, 2.75) is 32.7 Å². The van der Waals surface area contributed by atoms with Crippen molar-refractivity contribution in [3.8, 4) is 0 Å². The second kappa shape index (κ2) is 6.67. The van der Waals surface area contributed by atoms with Crippen LogP contribution in [-0.4, -0.2) is 46.0 Å². The van der Waals surface area contributed by atoms with Gasteiger partial charge in [0, 0.05) is 12.7 Å². The van der Waals surface area contributed by atoms with E-state index in [9.17, 15) is 9.59 Å². The Kier molecular flexibility index (Phi) is 4.90. The van der Waals surface area contributed by atoms with Crippen molar-refractivity contribution in [2.75, 3.05) is 18.4 Å². The summed E-state index contributed by atoms with van der Waals surface area (Å²) in [5.74, 6) is -0.595. The highest BCUT2D eigenvalue weighted by Gasteiger charge is 2.30. The minimum atomic E-state index is -0.851. The first-order valence-electron chi connectivity index (χ1n) is 7.17. The van der Waals surface area contributed by atoms with E-state index < -0.39 is 12.0 Å². The first kappa shape index (κ1) is 15.4. The zero-order valence-corrected chi connectivity index (χ0v) is 12.4. The number of aliphatic carboxylic acids is 1. The summed E-state index contributed by atoms with van der Waals surface area (Å²) in [6.45, 7) is 4.79. The number of carbonyl (C=O) groups is 2. The summed E-state index contributed by atoms with van der Waals surface area (Å²) in [5.41, 5.74) is 1.03. The minimum Gasteiger partial charge on any atom is -0.480 e. The fourth-order valence-corrected chi connectivity index (χ4v) is 2.50. The van der Waals surface area contributed by atoms with E-state index in [1.54, 1.807) is 19.2 Å². The van der Waals surface area contributed by atoms with Gasteiger partial charge in [-0.05, 0) is 44.9 Å². The molecule has 2 atom stereocenters. The fourth-order valence-electron chi connectivity index (χ4n) is 2.50. The van der Waals surface area contributed by atoms with E-state index in [-0.39, 0.29) is 11.8 Å². The number of aryl methyl sites for hydroxylation is 1. The number of carbonyl (C=O) groups excluding carboxylic acids is 1. The third-order valence-corrected chi connectivity index (χ3v) is 3.89. The highest BCUT2D eigenvalue weighted by molar-refractivity contribution is 5.91. The summed E-state index contributed by atoms with van der Waals surface area (Å²) in [7, 11) is 0. The molecule has 0 radical (unpaired) electrons. The summed E-state index contributed by atoms with van der Waals surface area (Å²) in [6.07, 6.45) is 3.31. The quantitative estimate of drug-likeness (QED) is 0.878. The molecule has 21 heavy (non-hydrogen) atoms. The van der Waals surface area contributed by atoms with Crippen molar-refractivity contribution < 1.29 is 14.7 Å². The van der Waals surface area contributed by atoms with E-state index in [2.05, 4.69) is 10.3 Å². The molecule has 6 nitrogen and oxygen atoms in total. The Labute approximate surface area is 124 Å². The molecule has 114 valence electrons. The van der Waals surface area contributed by atoms with Gasteiger partial charge in [0.2, 0.25) is 5.91 Å². The topological polar surface area (TPSA) is 82.5 Å². The van der Waals surface area contributed by atoms with Crippen LogP contribution in [0.3, 0.4) is 0 Å². The van der Waals surface area contributed by atoms with Crippen LogP contribution < -0.4 is 5.32 Å². The SMILES string of the molecule is Cc1ccc(NC(=O)[C@@H]2CCCN([C@H](C)C(=O)O)C2)nc1. The number of carboxylic acid groups (broad SMARTS) is 1. The van der Waals surface area contributed by atoms with Gasteiger partial charge in [0.05, 0.1) is 5.92 Å². The Bertz CT molecular complexity index is 515. The highest BCUT2D eigenvalue weighted by Crippen LogP contribution is 2.20. The predicted molar refractivity (Wildman–Crippen MR) is 79.0 cm³/mol. The van der Waals surface area contributed by atoms with E-state index in [4.69, 9.17) is 5.11 Å². The molecule has 0 spiro atoms. The number of piperidine rings is 1. The summed E-state index contributed by atoms with van der Waals surface area (Å²) >= 11 is 0. The van der Waals surface area contributed by atoms with E-state index in [1.165, 1.54) is 0 Å². The van der Waals surface area contributed by atoms with Crippen LogP contribution in [0.4, 0.5) is 5.82 Å². The van der Waals surface area contributed by atoms with Crippen LogP contribution in [0.25, 0.3) is 0 Å². The molecular weight excluding hydrogens is 270 g/mol. The van der Waals surface area contributed by atoms with Gasteiger partial charge in [-0.2, -0.15) is 0 Å². The molecule has 0 aliphatic carbocycles. The van der Waals surface area contributed by atoms with Crippen molar-refractivity contribution in [3.63, 3.8) is 0 Å². The number of hydrogen-bond acceptors (Lipinski definition) is 4. The first-order valence-corrected chi connectivity index (χ1v) is 7.17. The van der Waals surface area contributed by atoms with Gasteiger partial charge < -0.3 is 10.4 Å². The van der Waals surface area contributed by atoms with Gasteiger partial charge in [-0.3, -0.25) is 14.5 Å². The normalized spacial score (nSPS) is 20.8. The Balaban J connectivity index is 1.95. The number of pyridine rings is 1. The number of likely N-dealkylation sites (tertiary alicyclic amines) is 1. The molecule has 1 aromatic rings. The van der Waals surface area contributed by atoms with E-state index in [1.807, 2.05) is 17.9 Å². The van der Waals surface area contributed by atoms with Crippen LogP contribution in [0.5, 0.6) is 0 Å². The zero-order chi connectivity index (χ0) is 15.4. The van der Waals surface area contributed by atoms with Gasteiger partial charge in [-0.1, -0.05) is 6.07 Å². The van der Waals surface area contributed by atoms with Gasteiger partial charge in [-0.15, -0.1) is 0 Å². The van der Waals surface area contributed by atoms with Gasteiger partial charge in [-0.25, -0.2) is 4.98 Å². The Morgan fingerprint density at radius 3 is 2.86 bits per heavy atom. The van der Waals surface area contributed by atoms with E-state index in [0.29, 0.717) is 12.4 Å². The second-order valence-electron chi connectivity index (χ2n) is 5.56. The molecule has 1 fully saturated rings. The van der Waals surface area contributed by atoms with Crippen LogP contribution in [0, 0.1) is 12.8 Å². The van der Waals surface area contributed by atoms with Gasteiger partial charge >= 0.3 is 5.97 Å². The summed E-state index contributed by atoms with van der Waals surface area (Å²) in [6, 6.07) is 3.11. The highest BCUT2D eigenvalue weighted by atomic mass is 16.4. The maximum absolute atomic E-state index is 12.3. The molecule has 0 unspecified atom stereocenters. The van der Waals surface area contributed by atoms with Crippen LogP contribution in [0.1, 0.15) is 25.3 Å². The largest absolute Gasteiger partial charge is 0.480 e. The molecule has 1 aliphatic heterocycles. The molecule has 1 amide bonds. The lowest BCUT2D eigenvalue weighted by atomic mass is 9.96. The lowest BCUT2D eigenvalue weighted by Crippen LogP contribution is -2.47. The Morgan fingerprint density at radius 2 is 2.24 bits per heavy atom. The molecule has 2 heterocycles. The van der Waals surface area contributed by atoms with Crippen molar-refractivity contribution in [1.29, 1.82) is 0 Å². The van der Waals surface area contributed by atoms with Crippen molar-refractivity contribution >= 4 is 17.7 Å². The van der Waals surface area contributed by atoms with Gasteiger partial charge in [0.25, 0.3) is 0 Å². The number of rotatable bonds is 4. The average molecular weight is 291 g/mol. The van der Waals surface area contributed by atoms with E-state index >= 15 is 0 Å². The van der Waals surface area contributed by atoms with Crippen LogP contribution in [-0.2, 0) is 9.59 Å². The molecule has 6 heteroatoms. The lowest BCUT2D eigenvalue weighted by Gasteiger charge is -2.34. The lowest BCUT2D eigenvalue weighted by molar-refractivity contribution is -0.144. The predicted octanol–water partition coefficient (Wildman–Crippen LogP) is 1.51. The number of nitrogens with zero attached hydrogens (tertiary/aromatic N) is 2. The summed E-state index contributed by atoms with van der Waals surface area (Å²) < 4.78 is 0. The number of carboxylic acids is 1. The van der Waals surface area contributed by atoms with Crippen LogP contribution >= 0.6 is 0 Å². The standard InChI is InChI=1S/C15H21N3O3/c1-10-5-6-13(16-8-10)17-14(19)12-4-3-7-18(9-12)11(2)15(20)21/h5-6,8,11-12H,3-4,7,9H2,1-2H3,(H,20,21)(H,16,17,19)/t11-,12-/m1/s1. The van der Waals surface area contributed by atoms with Crippen LogP contribution in [0.15, 0.2) is 18.3 Å². The number of hydrogen-bond donors (Lipinski definition) is 2. The number of aromatic nitrogens is 1. The third-order valence-electron chi connectivity index (χ3n) is 3.89. The molecule has 1 aromatic heterocycles. The molecule has 1 aliphatic rings. The first-order chi connectivity index (χ1) is 9.97. The molecule has 0 aromatic carbocycles. The Hall–Kier alpha value is -1.95. The molecular formula is C15H21N3O3. The minimum absolute atomic E-state index is 0.0892. The third kappa shape index (κ3) is 4.01. The maximum atomic E-state index is 12.3. The van der Waals surface area contributed by atoms with Crippen LogP contribution in [0.2, 0.25) is 0 Å². The molecule has 0 bridgehead atoms. The average Bonchev–Trinajstić information content (AvgIpc) is 2.48. The fraction of sp³-hybridized carbons (Fsp3) is 0.533. The second-order valence-corrected chi connectivity index (χ2v) is 5.56. The zero-order valence-electron chi connectivity index (χ0n) is 12.4. The smallest absolute Gasteiger partial charge is 0.320 e. The Morgan fingerprint density at radius 1 is 1.48 bits per heavy atom. The van der Waals surface area contributed by atoms with Gasteiger partial charge in [0.15, 0.2) is 0 Å². The molecule has 2 N–H and O–H groups in total. The van der Waals surface area contributed by atoms with Gasteiger partial charge in [0.1, 0.15) is 11.9 Å². The summed E-state index contributed by atoms with van der Waals surface area (Å²) in [4.78, 5) is 29.3. The molecule has 1 saturated heterocycles. The number of nitrogens with one attached hydrogen (secondary N) is 1. The number of anilines is 1.